The van der Waals surface area contributed by atoms with E-state index in [1.165, 1.54) is 19.3 Å². The molecule has 1 nitrogen and oxygen atoms in total. The summed E-state index contributed by atoms with van der Waals surface area (Å²) < 4.78 is 0. The van der Waals surface area contributed by atoms with Crippen LogP contribution in [0.5, 0.6) is 0 Å². The maximum atomic E-state index is 6.80. The predicted molar refractivity (Wildman–Crippen MR) is 69.1 cm³/mol. The molecule has 0 aromatic heterocycles. The van der Waals surface area contributed by atoms with Gasteiger partial charge in [-0.3, -0.25) is 0 Å². The van der Waals surface area contributed by atoms with E-state index in [4.69, 9.17) is 5.40 Å². The SMILES string of the molecule is CCC(C)[Si](N)(C(C)CC)C(C)CC. The van der Waals surface area contributed by atoms with E-state index >= 15 is 0 Å². The fourth-order valence-electron chi connectivity index (χ4n) is 2.52. The first-order chi connectivity index (χ1) is 6.44. The van der Waals surface area contributed by atoms with E-state index in [0.29, 0.717) is 0 Å². The van der Waals surface area contributed by atoms with Gasteiger partial charge in [0, 0.05) is 0 Å². The summed E-state index contributed by atoms with van der Waals surface area (Å²) in [5.41, 5.74) is 2.27. The maximum absolute atomic E-state index is 6.80. The second-order valence-electron chi connectivity index (χ2n) is 4.93. The summed E-state index contributed by atoms with van der Waals surface area (Å²) in [4.78, 5) is 0. The first-order valence-corrected chi connectivity index (χ1v) is 8.54. The molecule has 3 atom stereocenters. The molecule has 0 saturated carbocycles. The third-order valence-corrected chi connectivity index (χ3v) is 10.7. The van der Waals surface area contributed by atoms with Crippen molar-refractivity contribution >= 4 is 8.24 Å². The Morgan fingerprint density at radius 3 is 1.14 bits per heavy atom. The predicted octanol–water partition coefficient (Wildman–Crippen LogP) is 4.29. The molecule has 2 heteroatoms. The van der Waals surface area contributed by atoms with Crippen LogP contribution in [0.1, 0.15) is 60.8 Å². The highest BCUT2D eigenvalue weighted by Gasteiger charge is 2.42. The van der Waals surface area contributed by atoms with Crippen molar-refractivity contribution in [1.29, 1.82) is 0 Å². The monoisotopic (exact) mass is 215 g/mol. The van der Waals surface area contributed by atoms with Gasteiger partial charge in [0.25, 0.3) is 0 Å². The van der Waals surface area contributed by atoms with Crippen LogP contribution in [0.3, 0.4) is 0 Å². The van der Waals surface area contributed by atoms with Gasteiger partial charge >= 0.3 is 0 Å². The highest BCUT2D eigenvalue weighted by atomic mass is 28.3. The van der Waals surface area contributed by atoms with E-state index in [2.05, 4.69) is 41.5 Å². The second kappa shape index (κ2) is 5.91. The van der Waals surface area contributed by atoms with Gasteiger partial charge in [0.15, 0.2) is 0 Å². The van der Waals surface area contributed by atoms with Crippen LogP contribution < -0.4 is 5.40 Å². The quantitative estimate of drug-likeness (QED) is 0.657. The molecule has 0 amide bonds. The van der Waals surface area contributed by atoms with Crippen LogP contribution in [0.15, 0.2) is 0 Å². The van der Waals surface area contributed by atoms with Gasteiger partial charge < -0.3 is 5.40 Å². The molecule has 86 valence electrons. The zero-order valence-corrected chi connectivity index (χ0v) is 11.9. The molecule has 0 fully saturated rings. The van der Waals surface area contributed by atoms with Crippen molar-refractivity contribution in [3.8, 4) is 0 Å². The second-order valence-corrected chi connectivity index (χ2v) is 9.88. The van der Waals surface area contributed by atoms with E-state index in [0.717, 1.165) is 16.6 Å². The zero-order valence-electron chi connectivity index (χ0n) is 10.9. The Hall–Kier alpha value is 0.177. The van der Waals surface area contributed by atoms with Crippen LogP contribution in [-0.2, 0) is 0 Å². The van der Waals surface area contributed by atoms with Crippen LogP contribution in [-0.4, -0.2) is 8.24 Å². The van der Waals surface area contributed by atoms with Crippen molar-refractivity contribution in [3.05, 3.63) is 0 Å². The summed E-state index contributed by atoms with van der Waals surface area (Å²) in [6.45, 7) is 13.9. The van der Waals surface area contributed by atoms with Gasteiger partial charge in [-0.25, -0.2) is 0 Å². The van der Waals surface area contributed by atoms with E-state index in [1.807, 2.05) is 0 Å². The Morgan fingerprint density at radius 1 is 0.786 bits per heavy atom. The van der Waals surface area contributed by atoms with Crippen molar-refractivity contribution in [2.45, 2.75) is 77.4 Å². The normalized spacial score (nSPS) is 22.5. The molecule has 0 bridgehead atoms. The van der Waals surface area contributed by atoms with Crippen molar-refractivity contribution in [2.24, 2.45) is 5.40 Å². The Kier molecular flexibility index (Phi) is 5.99. The molecule has 14 heavy (non-hydrogen) atoms. The fourth-order valence-corrected chi connectivity index (χ4v) is 7.55. The molecule has 0 spiro atoms. The lowest BCUT2D eigenvalue weighted by molar-refractivity contribution is 0.683. The van der Waals surface area contributed by atoms with E-state index < -0.39 is 8.24 Å². The minimum absolute atomic E-state index is 0.757. The summed E-state index contributed by atoms with van der Waals surface area (Å²) in [5, 5.41) is 6.80. The molecule has 0 rings (SSSR count). The summed E-state index contributed by atoms with van der Waals surface area (Å²) >= 11 is 0. The topological polar surface area (TPSA) is 26.0 Å². The first kappa shape index (κ1) is 14.2. The molecule has 0 aliphatic carbocycles. The molecule has 0 aromatic rings. The molecule has 2 N–H and O–H groups in total. The van der Waals surface area contributed by atoms with Crippen LogP contribution >= 0.6 is 0 Å². The summed E-state index contributed by atoms with van der Waals surface area (Å²) in [6.07, 6.45) is 3.74. The Balaban J connectivity index is 4.83. The number of hydrogen-bond acceptors (Lipinski definition) is 1. The third kappa shape index (κ3) is 2.60. The Labute approximate surface area is 91.6 Å². The molecule has 0 aromatic carbocycles. The van der Waals surface area contributed by atoms with Crippen LogP contribution in [0.4, 0.5) is 0 Å². The van der Waals surface area contributed by atoms with Crippen molar-refractivity contribution in [3.63, 3.8) is 0 Å². The smallest absolute Gasteiger partial charge is 0.131 e. The minimum Gasteiger partial charge on any atom is -0.350 e. The fraction of sp³-hybridized carbons (Fsp3) is 1.00. The molecule has 0 radical (unpaired) electrons. The Morgan fingerprint density at radius 2 is 1.00 bits per heavy atom. The van der Waals surface area contributed by atoms with E-state index in [1.54, 1.807) is 0 Å². The molecule has 0 aliphatic rings. The van der Waals surface area contributed by atoms with Crippen LogP contribution in [0, 0.1) is 0 Å². The molecule has 0 aliphatic heterocycles. The van der Waals surface area contributed by atoms with Crippen molar-refractivity contribution in [1.82, 2.24) is 0 Å². The van der Waals surface area contributed by atoms with Gasteiger partial charge in [0.1, 0.15) is 8.24 Å². The standard InChI is InChI=1S/C12H29NSi/c1-7-10(4)14(13,11(5)8-2)12(6)9-3/h10-12H,7-9,13H2,1-6H3. The molecular weight excluding hydrogens is 186 g/mol. The summed E-state index contributed by atoms with van der Waals surface area (Å²) in [6, 6.07) is 0. The van der Waals surface area contributed by atoms with Gasteiger partial charge in [-0.05, 0) is 16.6 Å². The third-order valence-electron chi connectivity index (χ3n) is 4.40. The molecule has 0 heterocycles. The van der Waals surface area contributed by atoms with Gasteiger partial charge in [-0.1, -0.05) is 60.8 Å². The first-order valence-electron chi connectivity index (χ1n) is 6.23. The largest absolute Gasteiger partial charge is 0.350 e. The minimum atomic E-state index is -1.56. The number of hydrogen-bond donors (Lipinski definition) is 1. The highest BCUT2D eigenvalue weighted by Crippen LogP contribution is 2.41. The number of nitrogens with two attached hydrogens (primary N) is 1. The highest BCUT2D eigenvalue weighted by molar-refractivity contribution is 6.80. The van der Waals surface area contributed by atoms with Crippen molar-refractivity contribution in [2.75, 3.05) is 0 Å². The van der Waals surface area contributed by atoms with E-state index in [-0.39, 0.29) is 0 Å². The van der Waals surface area contributed by atoms with Crippen molar-refractivity contribution < 1.29 is 0 Å². The van der Waals surface area contributed by atoms with E-state index in [9.17, 15) is 0 Å². The molecule has 0 saturated heterocycles. The van der Waals surface area contributed by atoms with Gasteiger partial charge in [0.2, 0.25) is 0 Å². The van der Waals surface area contributed by atoms with Gasteiger partial charge in [0.05, 0.1) is 0 Å². The van der Waals surface area contributed by atoms with Gasteiger partial charge in [-0.15, -0.1) is 0 Å². The summed E-state index contributed by atoms with van der Waals surface area (Å²) in [7, 11) is -1.56. The lowest BCUT2D eigenvalue weighted by Crippen LogP contribution is -2.55. The average molecular weight is 215 g/mol. The van der Waals surface area contributed by atoms with Crippen LogP contribution in [0.2, 0.25) is 16.6 Å². The Bertz CT molecular complexity index is 132. The lowest BCUT2D eigenvalue weighted by atomic mass is 10.3. The van der Waals surface area contributed by atoms with Crippen LogP contribution in [0.25, 0.3) is 0 Å². The molecule has 3 unspecified atom stereocenters. The van der Waals surface area contributed by atoms with Gasteiger partial charge in [-0.2, -0.15) is 0 Å². The number of rotatable bonds is 6. The molecular formula is C12H29NSi. The zero-order chi connectivity index (χ0) is 11.4. The summed E-state index contributed by atoms with van der Waals surface area (Å²) in [5.74, 6) is 0. The maximum Gasteiger partial charge on any atom is 0.131 e. The lowest BCUT2D eigenvalue weighted by Gasteiger charge is -2.42. The average Bonchev–Trinajstić information content (AvgIpc) is 2.24.